The second kappa shape index (κ2) is 6.83. The van der Waals surface area contributed by atoms with Gasteiger partial charge in [0.25, 0.3) is 0 Å². The third kappa shape index (κ3) is 2.84. The van der Waals surface area contributed by atoms with Gasteiger partial charge in [0.1, 0.15) is 18.0 Å². The maximum Gasteiger partial charge on any atom is 0.327 e. The van der Waals surface area contributed by atoms with Crippen molar-refractivity contribution in [3.05, 3.63) is 93.2 Å². The van der Waals surface area contributed by atoms with E-state index in [4.69, 9.17) is 18.2 Å². The van der Waals surface area contributed by atoms with E-state index in [2.05, 4.69) is 19.8 Å². The SMILES string of the molecule is [C-]#[N+]c1ccc2ncn(-c3ccc4[nH]c(=O)n(Cc5c(F)cccc5Cl)c4n3)c2c1. The Morgan fingerprint density at radius 1 is 1.20 bits per heavy atom. The molecule has 30 heavy (non-hydrogen) atoms. The quantitative estimate of drug-likeness (QED) is 0.440. The maximum absolute atomic E-state index is 14.3. The van der Waals surface area contributed by atoms with E-state index in [9.17, 15) is 9.18 Å². The zero-order valence-electron chi connectivity index (χ0n) is 15.3. The molecule has 0 aliphatic heterocycles. The number of aromatic nitrogens is 5. The highest BCUT2D eigenvalue weighted by atomic mass is 35.5. The Bertz CT molecular complexity index is 1520. The van der Waals surface area contributed by atoms with Crippen LogP contribution in [-0.2, 0) is 6.54 Å². The molecule has 0 atom stereocenters. The highest BCUT2D eigenvalue weighted by Gasteiger charge is 2.15. The third-order valence-corrected chi connectivity index (χ3v) is 5.24. The van der Waals surface area contributed by atoms with Crippen LogP contribution in [0.25, 0.3) is 32.9 Å². The number of rotatable bonds is 3. The number of halogens is 2. The molecular weight excluding hydrogens is 407 g/mol. The molecular formula is C21H12ClFN6O. The van der Waals surface area contributed by atoms with E-state index in [0.717, 1.165) is 5.52 Å². The van der Waals surface area contributed by atoms with Crippen LogP contribution in [0.3, 0.4) is 0 Å². The summed E-state index contributed by atoms with van der Waals surface area (Å²) in [4.78, 5) is 27.7. The van der Waals surface area contributed by atoms with Crippen LogP contribution in [0.15, 0.2) is 59.7 Å². The zero-order chi connectivity index (χ0) is 20.8. The molecule has 0 amide bonds. The third-order valence-electron chi connectivity index (χ3n) is 4.89. The number of benzene rings is 2. The van der Waals surface area contributed by atoms with Crippen molar-refractivity contribution in [2.45, 2.75) is 6.54 Å². The van der Waals surface area contributed by atoms with Crippen LogP contribution >= 0.6 is 11.6 Å². The van der Waals surface area contributed by atoms with Crippen molar-refractivity contribution >= 4 is 39.5 Å². The summed E-state index contributed by atoms with van der Waals surface area (Å²) in [7, 11) is 0. The summed E-state index contributed by atoms with van der Waals surface area (Å²) in [6, 6.07) is 13.0. The lowest BCUT2D eigenvalue weighted by Gasteiger charge is -2.08. The minimum atomic E-state index is -0.493. The number of hydrogen-bond donors (Lipinski definition) is 1. The standard InChI is InChI=1S/C21H12ClFN6O/c1-24-12-5-6-16-18(9-12)29(11-25-16)19-8-7-17-20(27-19)28(21(30)26-17)10-13-14(22)3-2-4-15(13)23/h2-9,11H,10H2,(H,26,30). The molecule has 0 unspecified atom stereocenters. The Labute approximate surface area is 173 Å². The van der Waals surface area contributed by atoms with Crippen molar-refractivity contribution in [3.8, 4) is 5.82 Å². The van der Waals surface area contributed by atoms with Crippen LogP contribution < -0.4 is 5.69 Å². The summed E-state index contributed by atoms with van der Waals surface area (Å²) in [6.07, 6.45) is 1.61. The first-order chi connectivity index (χ1) is 14.5. The second-order valence-electron chi connectivity index (χ2n) is 6.66. The summed E-state index contributed by atoms with van der Waals surface area (Å²) < 4.78 is 17.3. The monoisotopic (exact) mass is 418 g/mol. The molecule has 2 aromatic carbocycles. The molecule has 5 aromatic rings. The second-order valence-corrected chi connectivity index (χ2v) is 7.06. The van der Waals surface area contributed by atoms with Crippen molar-refractivity contribution in [2.24, 2.45) is 0 Å². The number of aromatic amines is 1. The lowest BCUT2D eigenvalue weighted by atomic mass is 10.2. The lowest BCUT2D eigenvalue weighted by Crippen LogP contribution is -2.18. The molecule has 9 heteroatoms. The molecule has 0 radical (unpaired) electrons. The molecule has 5 rings (SSSR count). The fraction of sp³-hybridized carbons (Fsp3) is 0.0476. The van der Waals surface area contributed by atoms with Gasteiger partial charge in [0.15, 0.2) is 11.3 Å². The molecule has 0 aliphatic carbocycles. The van der Waals surface area contributed by atoms with E-state index in [-0.39, 0.29) is 17.1 Å². The largest absolute Gasteiger partial charge is 0.327 e. The molecule has 0 saturated carbocycles. The lowest BCUT2D eigenvalue weighted by molar-refractivity contribution is 0.598. The van der Waals surface area contributed by atoms with Crippen molar-refractivity contribution in [1.29, 1.82) is 0 Å². The van der Waals surface area contributed by atoms with Gasteiger partial charge in [-0.05, 0) is 36.4 Å². The van der Waals surface area contributed by atoms with Crippen LogP contribution in [-0.4, -0.2) is 24.1 Å². The Hall–Kier alpha value is -3.96. The van der Waals surface area contributed by atoms with Gasteiger partial charge >= 0.3 is 5.69 Å². The molecule has 0 spiro atoms. The normalized spacial score (nSPS) is 11.2. The Kier molecular flexibility index (Phi) is 4.12. The fourth-order valence-corrected chi connectivity index (χ4v) is 3.61. The number of hydrogen-bond acceptors (Lipinski definition) is 3. The van der Waals surface area contributed by atoms with Crippen molar-refractivity contribution in [2.75, 3.05) is 0 Å². The molecule has 0 saturated heterocycles. The van der Waals surface area contributed by atoms with Crippen molar-refractivity contribution in [1.82, 2.24) is 24.1 Å². The fourth-order valence-electron chi connectivity index (χ4n) is 3.39. The number of pyridine rings is 1. The van der Waals surface area contributed by atoms with Gasteiger partial charge < -0.3 is 4.98 Å². The van der Waals surface area contributed by atoms with Crippen LogP contribution in [0, 0.1) is 12.4 Å². The molecule has 0 bridgehead atoms. The number of H-pyrrole nitrogens is 1. The summed E-state index contributed by atoms with van der Waals surface area (Å²) in [5.41, 5.74) is 2.59. The van der Waals surface area contributed by atoms with Gasteiger partial charge in [0, 0.05) is 10.6 Å². The van der Waals surface area contributed by atoms with Crippen LogP contribution in [0.5, 0.6) is 0 Å². The first-order valence-corrected chi connectivity index (χ1v) is 9.30. The van der Waals surface area contributed by atoms with E-state index in [1.807, 2.05) is 0 Å². The van der Waals surface area contributed by atoms with E-state index >= 15 is 0 Å². The molecule has 7 nitrogen and oxygen atoms in total. The Morgan fingerprint density at radius 3 is 2.87 bits per heavy atom. The van der Waals surface area contributed by atoms with Gasteiger partial charge in [-0.3, -0.25) is 9.13 Å². The van der Waals surface area contributed by atoms with E-state index in [1.54, 1.807) is 47.3 Å². The average molecular weight is 419 g/mol. The zero-order valence-corrected chi connectivity index (χ0v) is 16.1. The van der Waals surface area contributed by atoms with E-state index in [0.29, 0.717) is 28.2 Å². The Balaban J connectivity index is 1.68. The smallest absolute Gasteiger partial charge is 0.304 e. The molecule has 3 heterocycles. The van der Waals surface area contributed by atoms with Gasteiger partial charge in [-0.2, -0.15) is 0 Å². The topological polar surface area (TPSA) is 72.9 Å². The van der Waals surface area contributed by atoms with E-state index < -0.39 is 11.5 Å². The summed E-state index contributed by atoms with van der Waals surface area (Å²) in [5.74, 6) is 0.0201. The summed E-state index contributed by atoms with van der Waals surface area (Å²) in [5, 5.41) is 0.236. The van der Waals surface area contributed by atoms with Gasteiger partial charge in [-0.15, -0.1) is 0 Å². The minimum absolute atomic E-state index is 0.0622. The van der Waals surface area contributed by atoms with Gasteiger partial charge in [-0.25, -0.2) is 24.0 Å². The predicted octanol–water partition coefficient (Wildman–Crippen LogP) is 4.46. The number of imidazole rings is 2. The molecule has 1 N–H and O–H groups in total. The van der Waals surface area contributed by atoms with Crippen molar-refractivity contribution < 1.29 is 4.39 Å². The number of fused-ring (bicyclic) bond motifs is 2. The van der Waals surface area contributed by atoms with Gasteiger partial charge in [-0.1, -0.05) is 23.7 Å². The first-order valence-electron chi connectivity index (χ1n) is 8.92. The van der Waals surface area contributed by atoms with Gasteiger partial charge in [0.2, 0.25) is 0 Å². The van der Waals surface area contributed by atoms with Crippen LogP contribution in [0.4, 0.5) is 10.1 Å². The summed E-state index contributed by atoms with van der Waals surface area (Å²) >= 11 is 6.13. The molecule has 0 fully saturated rings. The molecule has 3 aromatic heterocycles. The highest BCUT2D eigenvalue weighted by molar-refractivity contribution is 6.31. The average Bonchev–Trinajstić information content (AvgIpc) is 3.30. The van der Waals surface area contributed by atoms with Crippen molar-refractivity contribution in [3.63, 3.8) is 0 Å². The molecule has 0 aliphatic rings. The summed E-state index contributed by atoms with van der Waals surface area (Å²) in [6.45, 7) is 7.16. The highest BCUT2D eigenvalue weighted by Crippen LogP contribution is 2.24. The van der Waals surface area contributed by atoms with Crippen LogP contribution in [0.2, 0.25) is 5.02 Å². The minimum Gasteiger partial charge on any atom is -0.304 e. The maximum atomic E-state index is 14.3. The predicted molar refractivity (Wildman–Crippen MR) is 112 cm³/mol. The number of nitrogens with zero attached hydrogens (tertiary/aromatic N) is 5. The molecule has 146 valence electrons. The van der Waals surface area contributed by atoms with Gasteiger partial charge in [0.05, 0.1) is 29.7 Å². The van der Waals surface area contributed by atoms with Crippen LogP contribution in [0.1, 0.15) is 5.56 Å². The number of nitrogens with one attached hydrogen (secondary N) is 1. The Morgan fingerprint density at radius 2 is 2.07 bits per heavy atom. The first kappa shape index (κ1) is 18.1. The van der Waals surface area contributed by atoms with E-state index in [1.165, 1.54) is 16.7 Å².